The van der Waals surface area contributed by atoms with E-state index in [1.807, 2.05) is 30.3 Å². The summed E-state index contributed by atoms with van der Waals surface area (Å²) >= 11 is 5.99. The zero-order chi connectivity index (χ0) is 14.1. The normalized spacial score (nSPS) is 25.1. The highest BCUT2D eigenvalue weighted by Gasteiger charge is 2.46. The van der Waals surface area contributed by atoms with E-state index in [1.165, 1.54) is 5.06 Å². The van der Waals surface area contributed by atoms with Crippen LogP contribution < -0.4 is 0 Å². The maximum atomic E-state index is 12.4. The molecule has 1 aromatic rings. The van der Waals surface area contributed by atoms with Gasteiger partial charge in [-0.1, -0.05) is 48.5 Å². The van der Waals surface area contributed by atoms with Gasteiger partial charge in [0.15, 0.2) is 0 Å². The van der Waals surface area contributed by atoms with E-state index in [9.17, 15) is 4.79 Å². The third-order valence-corrected chi connectivity index (χ3v) is 4.15. The molecule has 2 aliphatic rings. The van der Waals surface area contributed by atoms with Crippen LogP contribution in [0.4, 0.5) is 4.79 Å². The molecule has 2 heterocycles. The minimum absolute atomic E-state index is 0.0641. The Morgan fingerprint density at radius 2 is 2.10 bits per heavy atom. The Morgan fingerprint density at radius 3 is 2.80 bits per heavy atom. The molecular formula is C15H17ClN2O2. The van der Waals surface area contributed by atoms with Crippen LogP contribution in [-0.2, 0) is 11.4 Å². The summed E-state index contributed by atoms with van der Waals surface area (Å²) < 4.78 is 0. The van der Waals surface area contributed by atoms with Crippen molar-refractivity contribution in [1.29, 1.82) is 0 Å². The molecule has 0 N–H and O–H groups in total. The first-order valence-electron chi connectivity index (χ1n) is 6.78. The average Bonchev–Trinajstić information content (AvgIpc) is 2.70. The fourth-order valence-corrected chi connectivity index (χ4v) is 3.07. The number of piperidine rings is 1. The lowest BCUT2D eigenvalue weighted by Crippen LogP contribution is -2.40. The largest absolute Gasteiger partial charge is 0.344 e. The molecule has 3 rings (SSSR count). The number of carbonyl (C=O) groups is 1. The Balaban J connectivity index is 1.67. The molecule has 5 heteroatoms. The molecule has 0 aliphatic carbocycles. The second-order valence-electron chi connectivity index (χ2n) is 5.21. The van der Waals surface area contributed by atoms with E-state index in [0.717, 1.165) is 18.4 Å². The van der Waals surface area contributed by atoms with E-state index in [-0.39, 0.29) is 18.1 Å². The molecule has 2 bridgehead atoms. The summed E-state index contributed by atoms with van der Waals surface area (Å²) in [6, 6.07) is 9.80. The van der Waals surface area contributed by atoms with Gasteiger partial charge in [-0.05, 0) is 18.4 Å². The number of urea groups is 1. The van der Waals surface area contributed by atoms with Crippen molar-refractivity contribution in [3.05, 3.63) is 47.5 Å². The Morgan fingerprint density at radius 1 is 1.35 bits per heavy atom. The maximum Gasteiger partial charge on any atom is 0.344 e. The van der Waals surface area contributed by atoms with Gasteiger partial charge in [-0.3, -0.25) is 4.84 Å². The van der Waals surface area contributed by atoms with Gasteiger partial charge in [0.1, 0.15) is 6.61 Å². The second-order valence-corrected chi connectivity index (χ2v) is 5.70. The van der Waals surface area contributed by atoms with Crippen molar-refractivity contribution in [3.63, 3.8) is 0 Å². The van der Waals surface area contributed by atoms with Crippen molar-refractivity contribution in [2.24, 2.45) is 0 Å². The van der Waals surface area contributed by atoms with Crippen LogP contribution in [0.2, 0.25) is 0 Å². The number of hydrogen-bond acceptors (Lipinski definition) is 2. The Kier molecular flexibility index (Phi) is 3.68. The molecule has 2 saturated heterocycles. The summed E-state index contributed by atoms with van der Waals surface area (Å²) in [5, 5.41) is 2.04. The van der Waals surface area contributed by atoms with Gasteiger partial charge in [-0.15, -0.1) is 0 Å². The molecule has 20 heavy (non-hydrogen) atoms. The first-order chi connectivity index (χ1) is 9.66. The summed E-state index contributed by atoms with van der Waals surface area (Å²) in [5.74, 6) is 0. The van der Waals surface area contributed by atoms with E-state index in [4.69, 9.17) is 16.4 Å². The number of nitrogens with zero attached hydrogens (tertiary/aromatic N) is 2. The molecule has 2 amide bonds. The number of benzene rings is 1. The van der Waals surface area contributed by atoms with Gasteiger partial charge in [0.2, 0.25) is 0 Å². The lowest BCUT2D eigenvalue weighted by molar-refractivity contribution is -0.140. The molecule has 2 unspecified atom stereocenters. The maximum absolute atomic E-state index is 12.4. The molecule has 0 aromatic heterocycles. The summed E-state index contributed by atoms with van der Waals surface area (Å²) in [6.45, 7) is 4.84. The van der Waals surface area contributed by atoms with Crippen molar-refractivity contribution < 1.29 is 9.63 Å². The number of hydroxylamine groups is 2. The van der Waals surface area contributed by atoms with Crippen LogP contribution in [0.25, 0.3) is 0 Å². The van der Waals surface area contributed by atoms with Crippen LogP contribution in [-0.4, -0.2) is 34.6 Å². The zero-order valence-electron chi connectivity index (χ0n) is 11.2. The molecule has 4 nitrogen and oxygen atoms in total. The number of amides is 2. The molecule has 0 saturated carbocycles. The lowest BCUT2D eigenvalue weighted by atomic mass is 10.0. The van der Waals surface area contributed by atoms with E-state index < -0.39 is 0 Å². The standard InChI is InChI=1S/C15H17ClN2O2/c1-11(16)14-8-7-13-9-17(14)15(19)18(13)20-10-12-5-3-2-4-6-12/h2-6,13-14H,1,7-10H2. The van der Waals surface area contributed by atoms with Crippen molar-refractivity contribution in [1.82, 2.24) is 9.96 Å². The quantitative estimate of drug-likeness (QED) is 0.854. The van der Waals surface area contributed by atoms with Crippen LogP contribution >= 0.6 is 11.6 Å². The van der Waals surface area contributed by atoms with Crippen molar-refractivity contribution in [2.45, 2.75) is 31.5 Å². The molecular weight excluding hydrogens is 276 g/mol. The molecule has 1 aromatic carbocycles. The second kappa shape index (κ2) is 5.46. The van der Waals surface area contributed by atoms with Crippen molar-refractivity contribution in [3.8, 4) is 0 Å². The van der Waals surface area contributed by atoms with Gasteiger partial charge in [-0.2, -0.15) is 5.06 Å². The number of carbonyl (C=O) groups excluding carboxylic acids is 1. The SMILES string of the molecule is C=C(Cl)C1CCC2CN1C(=O)N2OCc1ccccc1. The number of hydrogen-bond donors (Lipinski definition) is 0. The Bertz CT molecular complexity index is 520. The third-order valence-electron chi connectivity index (χ3n) is 3.90. The average molecular weight is 293 g/mol. The lowest BCUT2D eigenvalue weighted by Gasteiger charge is -2.29. The van der Waals surface area contributed by atoms with Gasteiger partial charge in [0.25, 0.3) is 0 Å². The molecule has 0 spiro atoms. The van der Waals surface area contributed by atoms with E-state index in [2.05, 4.69) is 6.58 Å². The summed E-state index contributed by atoms with van der Waals surface area (Å²) in [6.07, 6.45) is 1.75. The topological polar surface area (TPSA) is 32.8 Å². The third kappa shape index (κ3) is 2.41. The summed E-state index contributed by atoms with van der Waals surface area (Å²) in [7, 11) is 0. The molecule has 2 atom stereocenters. The monoisotopic (exact) mass is 292 g/mol. The highest BCUT2D eigenvalue weighted by Crippen LogP contribution is 2.33. The van der Waals surface area contributed by atoms with Crippen LogP contribution in [0.1, 0.15) is 18.4 Å². The molecule has 0 radical (unpaired) electrons. The van der Waals surface area contributed by atoms with Gasteiger partial charge in [0.05, 0.1) is 12.1 Å². The van der Waals surface area contributed by atoms with Gasteiger partial charge >= 0.3 is 6.03 Å². The number of halogens is 1. The number of rotatable bonds is 4. The van der Waals surface area contributed by atoms with Gasteiger partial charge < -0.3 is 4.90 Å². The smallest absolute Gasteiger partial charge is 0.313 e. The first kappa shape index (κ1) is 13.5. The molecule has 2 fully saturated rings. The van der Waals surface area contributed by atoms with Crippen LogP contribution in [0, 0.1) is 0 Å². The van der Waals surface area contributed by atoms with Crippen molar-refractivity contribution in [2.75, 3.05) is 6.54 Å². The number of fused-ring (bicyclic) bond motifs is 2. The fraction of sp³-hybridized carbons (Fsp3) is 0.400. The zero-order valence-corrected chi connectivity index (χ0v) is 11.9. The van der Waals surface area contributed by atoms with Crippen molar-refractivity contribution >= 4 is 17.6 Å². The van der Waals surface area contributed by atoms with Crippen LogP contribution in [0.3, 0.4) is 0 Å². The highest BCUT2D eigenvalue weighted by atomic mass is 35.5. The molecule has 106 valence electrons. The minimum atomic E-state index is -0.102. The predicted molar refractivity (Wildman–Crippen MR) is 77.0 cm³/mol. The van der Waals surface area contributed by atoms with Crippen LogP contribution in [0.15, 0.2) is 41.9 Å². The summed E-state index contributed by atoms with van der Waals surface area (Å²) in [4.78, 5) is 19.8. The van der Waals surface area contributed by atoms with E-state index in [1.54, 1.807) is 4.90 Å². The first-order valence-corrected chi connectivity index (χ1v) is 7.15. The predicted octanol–water partition coefficient (Wildman–Crippen LogP) is 3.14. The van der Waals surface area contributed by atoms with Gasteiger partial charge in [0, 0.05) is 11.6 Å². The van der Waals surface area contributed by atoms with Crippen LogP contribution in [0.5, 0.6) is 0 Å². The molecule has 2 aliphatic heterocycles. The van der Waals surface area contributed by atoms with E-state index >= 15 is 0 Å². The van der Waals surface area contributed by atoms with Gasteiger partial charge in [-0.25, -0.2) is 4.79 Å². The fourth-order valence-electron chi connectivity index (χ4n) is 2.84. The minimum Gasteiger partial charge on any atom is -0.313 e. The van der Waals surface area contributed by atoms with E-state index in [0.29, 0.717) is 18.2 Å². The highest BCUT2D eigenvalue weighted by molar-refractivity contribution is 6.30. The summed E-state index contributed by atoms with van der Waals surface area (Å²) in [5.41, 5.74) is 1.05. The Hall–Kier alpha value is -1.52. The Labute approximate surface area is 123 Å².